The Hall–Kier alpha value is -3.28. The third-order valence-corrected chi connectivity index (χ3v) is 6.65. The van der Waals surface area contributed by atoms with Crippen LogP contribution in [0.4, 0.5) is 5.69 Å². The molecule has 1 aliphatic rings. The van der Waals surface area contributed by atoms with E-state index in [-0.39, 0.29) is 18.0 Å². The summed E-state index contributed by atoms with van der Waals surface area (Å²) in [6.07, 6.45) is 2.01. The lowest BCUT2D eigenvalue weighted by atomic mass is 10.1. The molecular weight excluding hydrogens is 490 g/mol. The van der Waals surface area contributed by atoms with Gasteiger partial charge in [-0.1, -0.05) is 58.0 Å². The lowest BCUT2D eigenvalue weighted by Crippen LogP contribution is -2.32. The minimum absolute atomic E-state index is 0.103. The molecule has 1 fully saturated rings. The minimum Gasteiger partial charge on any atom is -0.467 e. The van der Waals surface area contributed by atoms with Crippen LogP contribution in [0.5, 0.6) is 0 Å². The first-order valence-corrected chi connectivity index (χ1v) is 11.5. The van der Waals surface area contributed by atoms with Crippen molar-refractivity contribution in [3.8, 4) is 6.07 Å². The standard InChI is InChI=1S/C24H18BrN3O3S/c25-17-8-10-18(11-9-17)28-23(30)21(13-16-5-2-1-3-6-16)32-24(28)20(14-26)22(29)27-15-19-7-4-12-31-19/h1-12,21H,13,15H2,(H,27,29)/b24-20-/t21-/m1/s1. The van der Waals surface area contributed by atoms with Gasteiger partial charge in [0.05, 0.1) is 18.1 Å². The highest BCUT2D eigenvalue weighted by Gasteiger charge is 2.40. The molecule has 0 bridgehead atoms. The van der Waals surface area contributed by atoms with Crippen LogP contribution >= 0.6 is 27.7 Å². The molecule has 160 valence electrons. The number of amides is 2. The first kappa shape index (κ1) is 21.9. The van der Waals surface area contributed by atoms with E-state index in [0.29, 0.717) is 22.9 Å². The Balaban J connectivity index is 1.67. The summed E-state index contributed by atoms with van der Waals surface area (Å²) in [5.74, 6) is -0.146. The average Bonchev–Trinajstić information content (AvgIpc) is 3.43. The van der Waals surface area contributed by atoms with Crippen molar-refractivity contribution in [3.05, 3.63) is 99.4 Å². The van der Waals surface area contributed by atoms with Gasteiger partial charge in [-0.2, -0.15) is 5.26 Å². The number of hydrogen-bond donors (Lipinski definition) is 1. The second-order valence-electron chi connectivity index (χ2n) is 7.00. The Morgan fingerprint density at radius 3 is 2.53 bits per heavy atom. The van der Waals surface area contributed by atoms with Crippen LogP contribution in [0.2, 0.25) is 0 Å². The Bertz CT molecular complexity index is 1190. The number of halogens is 1. The van der Waals surface area contributed by atoms with Crippen LogP contribution in [-0.4, -0.2) is 17.1 Å². The molecule has 1 aliphatic heterocycles. The van der Waals surface area contributed by atoms with Crippen LogP contribution in [0, 0.1) is 11.3 Å². The SMILES string of the molecule is N#C/C(C(=O)NCc1ccco1)=C1/S[C@H](Cc2ccccc2)C(=O)N1c1ccc(Br)cc1. The smallest absolute Gasteiger partial charge is 0.265 e. The van der Waals surface area contributed by atoms with E-state index in [1.54, 1.807) is 24.3 Å². The lowest BCUT2D eigenvalue weighted by molar-refractivity contribution is -0.117. The van der Waals surface area contributed by atoms with Gasteiger partial charge in [-0.3, -0.25) is 14.5 Å². The predicted molar refractivity (Wildman–Crippen MR) is 126 cm³/mol. The molecule has 2 amide bonds. The highest BCUT2D eigenvalue weighted by atomic mass is 79.9. The van der Waals surface area contributed by atoms with Gasteiger partial charge in [0, 0.05) is 10.2 Å². The van der Waals surface area contributed by atoms with Crippen LogP contribution < -0.4 is 10.2 Å². The first-order chi connectivity index (χ1) is 15.6. The van der Waals surface area contributed by atoms with E-state index < -0.39 is 11.2 Å². The van der Waals surface area contributed by atoms with Crippen molar-refractivity contribution in [1.29, 1.82) is 5.26 Å². The topological polar surface area (TPSA) is 86.3 Å². The van der Waals surface area contributed by atoms with Crippen molar-refractivity contribution < 1.29 is 14.0 Å². The molecule has 32 heavy (non-hydrogen) atoms. The summed E-state index contributed by atoms with van der Waals surface area (Å²) in [5.41, 5.74) is 1.51. The van der Waals surface area contributed by atoms with Gasteiger partial charge in [0.2, 0.25) is 5.91 Å². The van der Waals surface area contributed by atoms with Gasteiger partial charge in [-0.05, 0) is 48.4 Å². The summed E-state index contributed by atoms with van der Waals surface area (Å²) < 4.78 is 6.10. The van der Waals surface area contributed by atoms with E-state index in [9.17, 15) is 14.9 Å². The van der Waals surface area contributed by atoms with E-state index in [1.165, 1.54) is 22.9 Å². The first-order valence-electron chi connectivity index (χ1n) is 9.82. The second kappa shape index (κ2) is 9.90. The number of furan rings is 1. The maximum Gasteiger partial charge on any atom is 0.265 e. The third-order valence-electron chi connectivity index (χ3n) is 4.86. The summed E-state index contributed by atoms with van der Waals surface area (Å²) >= 11 is 4.64. The third kappa shape index (κ3) is 4.79. The zero-order valence-corrected chi connectivity index (χ0v) is 19.2. The summed E-state index contributed by atoms with van der Waals surface area (Å²) in [4.78, 5) is 27.7. The number of rotatable bonds is 6. The Morgan fingerprint density at radius 1 is 1.12 bits per heavy atom. The average molecular weight is 508 g/mol. The van der Waals surface area contributed by atoms with Gasteiger partial charge >= 0.3 is 0 Å². The summed E-state index contributed by atoms with van der Waals surface area (Å²) in [5, 5.41) is 12.4. The molecule has 0 spiro atoms. The van der Waals surface area contributed by atoms with E-state index >= 15 is 0 Å². The molecule has 0 aliphatic carbocycles. The molecule has 1 saturated heterocycles. The highest BCUT2D eigenvalue weighted by Crippen LogP contribution is 2.42. The molecule has 0 saturated carbocycles. The number of nitrogens with one attached hydrogen (secondary N) is 1. The number of nitrogens with zero attached hydrogens (tertiary/aromatic N) is 2. The Labute approximate surface area is 198 Å². The fraction of sp³-hybridized carbons (Fsp3) is 0.125. The van der Waals surface area contributed by atoms with Gasteiger partial charge in [0.1, 0.15) is 22.4 Å². The quantitative estimate of drug-likeness (QED) is 0.383. The van der Waals surface area contributed by atoms with Crippen LogP contribution in [-0.2, 0) is 22.6 Å². The number of hydrogen-bond acceptors (Lipinski definition) is 5. The van der Waals surface area contributed by atoms with E-state index in [0.717, 1.165) is 10.0 Å². The Morgan fingerprint density at radius 2 is 1.88 bits per heavy atom. The lowest BCUT2D eigenvalue weighted by Gasteiger charge is -2.18. The van der Waals surface area contributed by atoms with E-state index in [1.807, 2.05) is 48.5 Å². The van der Waals surface area contributed by atoms with Crippen molar-refractivity contribution in [2.75, 3.05) is 4.90 Å². The molecule has 8 heteroatoms. The zero-order chi connectivity index (χ0) is 22.5. The molecule has 0 unspecified atom stereocenters. The predicted octanol–water partition coefficient (Wildman–Crippen LogP) is 4.78. The number of anilines is 1. The molecule has 6 nitrogen and oxygen atoms in total. The van der Waals surface area contributed by atoms with Gasteiger partial charge < -0.3 is 9.73 Å². The molecule has 4 rings (SSSR count). The highest BCUT2D eigenvalue weighted by molar-refractivity contribution is 9.10. The van der Waals surface area contributed by atoms with Crippen LogP contribution in [0.25, 0.3) is 0 Å². The van der Waals surface area contributed by atoms with Crippen LogP contribution in [0.1, 0.15) is 11.3 Å². The number of benzene rings is 2. The molecule has 1 aromatic heterocycles. The van der Waals surface area contributed by atoms with Crippen molar-refractivity contribution in [2.45, 2.75) is 18.2 Å². The van der Waals surface area contributed by atoms with Gasteiger partial charge in [-0.25, -0.2) is 0 Å². The fourth-order valence-electron chi connectivity index (χ4n) is 3.31. The maximum absolute atomic E-state index is 13.4. The van der Waals surface area contributed by atoms with Gasteiger partial charge in [0.15, 0.2) is 0 Å². The van der Waals surface area contributed by atoms with Gasteiger partial charge in [-0.15, -0.1) is 0 Å². The summed E-state index contributed by atoms with van der Waals surface area (Å²) in [6.45, 7) is 0.147. The second-order valence-corrected chi connectivity index (χ2v) is 9.11. The molecule has 1 N–H and O–H groups in total. The van der Waals surface area contributed by atoms with E-state index in [2.05, 4.69) is 21.2 Å². The van der Waals surface area contributed by atoms with Gasteiger partial charge in [0.25, 0.3) is 5.91 Å². The molecule has 1 atom stereocenters. The molecule has 0 radical (unpaired) electrons. The molecule has 2 heterocycles. The van der Waals surface area contributed by atoms with Crippen molar-refractivity contribution >= 4 is 45.2 Å². The number of carbonyl (C=O) groups is 2. The minimum atomic E-state index is -0.554. The molecular formula is C24H18BrN3O3S. The van der Waals surface area contributed by atoms with Crippen LogP contribution in [0.15, 0.2) is 92.5 Å². The van der Waals surface area contributed by atoms with Crippen molar-refractivity contribution in [3.63, 3.8) is 0 Å². The maximum atomic E-state index is 13.4. The normalized spacial score (nSPS) is 17.2. The van der Waals surface area contributed by atoms with Crippen molar-refractivity contribution in [1.82, 2.24) is 5.32 Å². The monoisotopic (exact) mass is 507 g/mol. The number of carbonyl (C=O) groups excluding carboxylic acids is 2. The van der Waals surface area contributed by atoms with Crippen LogP contribution in [0.3, 0.4) is 0 Å². The van der Waals surface area contributed by atoms with E-state index in [4.69, 9.17) is 4.42 Å². The summed E-state index contributed by atoms with van der Waals surface area (Å²) in [6, 6.07) is 22.3. The van der Waals surface area contributed by atoms with Crippen molar-refractivity contribution in [2.24, 2.45) is 0 Å². The largest absolute Gasteiger partial charge is 0.467 e. The number of thioether (sulfide) groups is 1. The Kier molecular flexibility index (Phi) is 6.78. The summed E-state index contributed by atoms with van der Waals surface area (Å²) in [7, 11) is 0. The fourth-order valence-corrected chi connectivity index (χ4v) is 4.88. The zero-order valence-electron chi connectivity index (χ0n) is 16.8. The molecule has 3 aromatic rings. The molecule has 2 aromatic carbocycles. The number of nitriles is 1.